The van der Waals surface area contributed by atoms with Crippen molar-refractivity contribution in [2.45, 2.75) is 79.1 Å². The van der Waals surface area contributed by atoms with Crippen LogP contribution in [0.2, 0.25) is 0 Å². The Balaban J connectivity index is 0.000000243. The Morgan fingerprint density at radius 1 is 0.531 bits per heavy atom. The molecule has 1 aromatic heterocycles. The van der Waals surface area contributed by atoms with Crippen molar-refractivity contribution in [1.82, 2.24) is 4.98 Å². The van der Waals surface area contributed by atoms with Crippen LogP contribution in [0.5, 0.6) is 0 Å². The van der Waals surface area contributed by atoms with Gasteiger partial charge in [0.25, 0.3) is 0 Å². The molecule has 2 heterocycles. The first kappa shape index (κ1) is 36.0. The quantitative estimate of drug-likeness (QED) is 0.124. The third-order valence-electron chi connectivity index (χ3n) is 9.36. The summed E-state index contributed by atoms with van der Waals surface area (Å²) in [7, 11) is 0. The Hall–Kier alpha value is -4.27. The average Bonchev–Trinajstić information content (AvgIpc) is 3.66. The van der Waals surface area contributed by atoms with Gasteiger partial charge < -0.3 is 14.8 Å². The summed E-state index contributed by atoms with van der Waals surface area (Å²) in [6, 6.07) is 38.2. The number of fused-ring (bicyclic) bond motifs is 4. The molecule has 1 radical (unpaired) electrons. The Bertz CT molecular complexity index is 1970. The molecule has 5 aromatic carbocycles. The summed E-state index contributed by atoms with van der Waals surface area (Å²) in [4.78, 5) is 9.37. The molecule has 5 heteroatoms. The van der Waals surface area contributed by atoms with Gasteiger partial charge in [-0.1, -0.05) is 134 Å². The molecular formula is C44H46AuN4-2. The Morgan fingerprint density at radius 2 is 0.959 bits per heavy atom. The van der Waals surface area contributed by atoms with Gasteiger partial charge in [0.15, 0.2) is 0 Å². The Kier molecular flexibility index (Phi) is 11.1. The van der Waals surface area contributed by atoms with E-state index in [1.54, 1.807) is 6.07 Å². The number of rotatable bonds is 6. The topological polar surface area (TPSA) is 44.4 Å². The molecule has 4 nitrogen and oxygen atoms in total. The van der Waals surface area contributed by atoms with Crippen LogP contribution in [0.15, 0.2) is 103 Å². The maximum absolute atomic E-state index is 8.84. The summed E-state index contributed by atoms with van der Waals surface area (Å²) < 4.78 is 0. The van der Waals surface area contributed by atoms with Crippen LogP contribution in [-0.4, -0.2) is 0 Å². The third kappa shape index (κ3) is 6.94. The van der Waals surface area contributed by atoms with Crippen molar-refractivity contribution >= 4 is 44.6 Å². The number of nitriles is 1. The first-order valence-corrected chi connectivity index (χ1v) is 17.2. The minimum absolute atomic E-state index is 0. The fraction of sp³-hybridized carbons (Fsp3) is 0.273. The van der Waals surface area contributed by atoms with Gasteiger partial charge in [-0.15, -0.1) is 17.7 Å². The molecule has 0 atom stereocenters. The van der Waals surface area contributed by atoms with E-state index < -0.39 is 0 Å². The Morgan fingerprint density at radius 3 is 1.41 bits per heavy atom. The van der Waals surface area contributed by atoms with Crippen LogP contribution in [0, 0.1) is 18.0 Å². The molecule has 0 bridgehead atoms. The molecule has 7 rings (SSSR count). The molecule has 1 aliphatic heterocycles. The minimum atomic E-state index is 0. The predicted molar refractivity (Wildman–Crippen MR) is 204 cm³/mol. The van der Waals surface area contributed by atoms with E-state index in [0.29, 0.717) is 29.2 Å². The van der Waals surface area contributed by atoms with Crippen molar-refractivity contribution in [3.63, 3.8) is 0 Å². The van der Waals surface area contributed by atoms with E-state index >= 15 is 0 Å². The molecule has 0 aliphatic carbocycles. The minimum Gasteiger partial charge on any atom is -0.657 e. The number of hydrogen-bond donors (Lipinski definition) is 0. The van der Waals surface area contributed by atoms with Gasteiger partial charge in [0.05, 0.1) is 11.6 Å². The molecule has 1 aliphatic rings. The number of anilines is 4. The van der Waals surface area contributed by atoms with Gasteiger partial charge >= 0.3 is 0 Å². The number of para-hydroxylation sites is 5. The molecule has 0 unspecified atom stereocenters. The summed E-state index contributed by atoms with van der Waals surface area (Å²) in [6.45, 7) is 20.7. The molecule has 0 saturated heterocycles. The van der Waals surface area contributed by atoms with Crippen molar-refractivity contribution in [2.75, 3.05) is 9.80 Å². The van der Waals surface area contributed by atoms with Gasteiger partial charge in [-0.25, -0.2) is 0 Å². The van der Waals surface area contributed by atoms with E-state index in [9.17, 15) is 0 Å². The van der Waals surface area contributed by atoms with Crippen LogP contribution in [0.4, 0.5) is 22.7 Å². The van der Waals surface area contributed by atoms with Gasteiger partial charge in [0, 0.05) is 45.1 Å². The standard InChI is InChI=1S/C31H39N2.C13H7N2.Au/c1-20(2)24-13-11-14-25(21(3)4)30(24)32-19-33(29-18-10-9-17-28(29)32)31-26(22(5)6)15-12-16-27(31)23(7)8;14-8-9-5-6-13-11(7-9)10-3-1-2-4-12(10)15-13;/h9-23H,1-8H3;1-7H;/q2*-1;. The van der Waals surface area contributed by atoms with Crippen molar-refractivity contribution in [3.8, 4) is 6.07 Å². The van der Waals surface area contributed by atoms with Crippen molar-refractivity contribution < 1.29 is 22.4 Å². The van der Waals surface area contributed by atoms with Crippen LogP contribution >= 0.6 is 0 Å². The summed E-state index contributed by atoms with van der Waals surface area (Å²) in [6.07, 6.45) is 0. The predicted octanol–water partition coefficient (Wildman–Crippen LogP) is 12.4. The van der Waals surface area contributed by atoms with Crippen molar-refractivity contribution in [2.24, 2.45) is 0 Å². The van der Waals surface area contributed by atoms with Crippen LogP contribution in [0.3, 0.4) is 0 Å². The molecule has 0 saturated carbocycles. The smallest absolute Gasteiger partial charge is 0.0991 e. The molecule has 49 heavy (non-hydrogen) atoms. The fourth-order valence-electron chi connectivity index (χ4n) is 6.90. The maximum atomic E-state index is 8.84. The molecule has 0 amide bonds. The third-order valence-corrected chi connectivity index (χ3v) is 9.36. The van der Waals surface area contributed by atoms with Crippen molar-refractivity contribution in [3.05, 3.63) is 138 Å². The van der Waals surface area contributed by atoms with Crippen LogP contribution < -0.4 is 14.8 Å². The second kappa shape index (κ2) is 15.1. The molecule has 6 aromatic rings. The zero-order chi connectivity index (χ0) is 34.1. The Labute approximate surface area is 308 Å². The number of benzene rings is 5. The van der Waals surface area contributed by atoms with Gasteiger partial charge in [-0.3, -0.25) is 0 Å². The fourth-order valence-corrected chi connectivity index (χ4v) is 6.90. The summed E-state index contributed by atoms with van der Waals surface area (Å²) in [5.41, 5.74) is 13.4. The number of aromatic nitrogens is 1. The molecule has 0 spiro atoms. The molecule has 0 fully saturated rings. The summed E-state index contributed by atoms with van der Waals surface area (Å²) >= 11 is 0. The summed E-state index contributed by atoms with van der Waals surface area (Å²) in [5.74, 6) is 1.79. The monoisotopic (exact) mass is 827 g/mol. The van der Waals surface area contributed by atoms with Gasteiger partial charge in [-0.2, -0.15) is 5.26 Å². The molecule has 255 valence electrons. The van der Waals surface area contributed by atoms with Crippen LogP contribution in [0.1, 0.15) is 107 Å². The van der Waals surface area contributed by atoms with Gasteiger partial charge in [0.1, 0.15) is 0 Å². The van der Waals surface area contributed by atoms with E-state index in [1.165, 1.54) is 45.0 Å². The van der Waals surface area contributed by atoms with E-state index in [-0.39, 0.29) is 22.4 Å². The zero-order valence-electron chi connectivity index (χ0n) is 29.8. The van der Waals surface area contributed by atoms with E-state index in [0.717, 1.165) is 21.8 Å². The van der Waals surface area contributed by atoms with Crippen LogP contribution in [0.25, 0.3) is 21.8 Å². The first-order chi connectivity index (χ1) is 23.1. The zero-order valence-corrected chi connectivity index (χ0v) is 32.0. The average molecular weight is 828 g/mol. The van der Waals surface area contributed by atoms with Crippen LogP contribution in [-0.2, 0) is 22.4 Å². The summed E-state index contributed by atoms with van der Waals surface area (Å²) in [5, 5.41) is 11.0. The second-order valence-electron chi connectivity index (χ2n) is 14.0. The van der Waals surface area contributed by atoms with Gasteiger partial charge in [0.2, 0.25) is 0 Å². The van der Waals surface area contributed by atoms with E-state index in [1.807, 2.05) is 36.4 Å². The first-order valence-electron chi connectivity index (χ1n) is 17.2. The van der Waals surface area contributed by atoms with Crippen molar-refractivity contribution in [1.29, 1.82) is 5.26 Å². The van der Waals surface area contributed by atoms with Gasteiger partial charge in [-0.05, 0) is 81.0 Å². The normalized spacial score (nSPS) is 12.5. The van der Waals surface area contributed by atoms with E-state index in [2.05, 4.69) is 144 Å². The number of nitrogens with zero attached hydrogens (tertiary/aromatic N) is 4. The number of hydrogen-bond acceptors (Lipinski definition) is 3. The maximum Gasteiger partial charge on any atom is 0.0991 e. The second-order valence-corrected chi connectivity index (χ2v) is 14.0. The van der Waals surface area contributed by atoms with E-state index in [4.69, 9.17) is 5.26 Å². The SMILES string of the molecule is CC(C)c1cccc(C(C)C)c1N1[CH-]N(c2c(C(C)C)cccc2C(C)C)c2ccccc21.N#Cc1ccc2[n-]c3ccccc3c2c1.[Au]. The largest absolute Gasteiger partial charge is 0.657 e. The molecular weight excluding hydrogens is 781 g/mol. The molecule has 0 N–H and O–H groups in total.